The standard InChI is InChI=1S/C10H15NO6/c1-3-6-11(2)10(15)17-7-16-9(14)5-4-8(12)13/h3H,1,4-7H2,2H3,(H,12,13). The summed E-state index contributed by atoms with van der Waals surface area (Å²) in [4.78, 5) is 33.4. The van der Waals surface area contributed by atoms with Crippen LogP contribution in [0.1, 0.15) is 12.8 Å². The summed E-state index contributed by atoms with van der Waals surface area (Å²) in [5.41, 5.74) is 0. The zero-order chi connectivity index (χ0) is 13.3. The lowest BCUT2D eigenvalue weighted by Gasteiger charge is -2.14. The normalized spacial score (nSPS) is 9.24. The topological polar surface area (TPSA) is 93.1 Å². The molecule has 0 atom stereocenters. The molecule has 0 aromatic rings. The van der Waals surface area contributed by atoms with Gasteiger partial charge in [0, 0.05) is 13.6 Å². The van der Waals surface area contributed by atoms with Crippen molar-refractivity contribution in [2.75, 3.05) is 20.4 Å². The number of hydrogen-bond acceptors (Lipinski definition) is 5. The number of likely N-dealkylation sites (N-methyl/N-ethyl adjacent to an activating group) is 1. The molecule has 0 spiro atoms. The van der Waals surface area contributed by atoms with Gasteiger partial charge in [-0.15, -0.1) is 6.58 Å². The average Bonchev–Trinajstić information content (AvgIpc) is 2.26. The van der Waals surface area contributed by atoms with Gasteiger partial charge >= 0.3 is 18.0 Å². The Morgan fingerprint density at radius 1 is 1.29 bits per heavy atom. The maximum atomic E-state index is 11.2. The first-order valence-corrected chi connectivity index (χ1v) is 4.83. The molecule has 1 amide bonds. The first-order valence-electron chi connectivity index (χ1n) is 4.83. The van der Waals surface area contributed by atoms with Crippen LogP contribution in [0.4, 0.5) is 4.79 Å². The van der Waals surface area contributed by atoms with E-state index in [0.29, 0.717) is 6.54 Å². The highest BCUT2D eigenvalue weighted by Gasteiger charge is 2.10. The fraction of sp³-hybridized carbons (Fsp3) is 0.500. The quantitative estimate of drug-likeness (QED) is 0.401. The number of ether oxygens (including phenoxy) is 2. The number of rotatable bonds is 7. The molecule has 0 saturated heterocycles. The number of nitrogens with zero attached hydrogens (tertiary/aromatic N) is 1. The fourth-order valence-corrected chi connectivity index (χ4v) is 0.805. The van der Waals surface area contributed by atoms with Crippen LogP contribution < -0.4 is 0 Å². The summed E-state index contributed by atoms with van der Waals surface area (Å²) >= 11 is 0. The van der Waals surface area contributed by atoms with E-state index < -0.39 is 24.8 Å². The van der Waals surface area contributed by atoms with Gasteiger partial charge in [-0.2, -0.15) is 0 Å². The van der Waals surface area contributed by atoms with Crippen LogP contribution in [0.2, 0.25) is 0 Å². The largest absolute Gasteiger partial charge is 0.481 e. The van der Waals surface area contributed by atoms with E-state index in [-0.39, 0.29) is 12.8 Å². The van der Waals surface area contributed by atoms with Crippen molar-refractivity contribution in [3.05, 3.63) is 12.7 Å². The third-order valence-electron chi connectivity index (χ3n) is 1.66. The van der Waals surface area contributed by atoms with E-state index in [1.54, 1.807) is 0 Å². The maximum Gasteiger partial charge on any atom is 0.412 e. The highest BCUT2D eigenvalue weighted by atomic mass is 16.7. The molecule has 0 radical (unpaired) electrons. The van der Waals surface area contributed by atoms with Gasteiger partial charge in [0.15, 0.2) is 0 Å². The van der Waals surface area contributed by atoms with Crippen LogP contribution in [0.5, 0.6) is 0 Å². The van der Waals surface area contributed by atoms with Gasteiger partial charge in [0.25, 0.3) is 0 Å². The number of esters is 1. The first-order chi connectivity index (χ1) is 7.97. The summed E-state index contributed by atoms with van der Waals surface area (Å²) in [6, 6.07) is 0. The van der Waals surface area contributed by atoms with Gasteiger partial charge in [0.05, 0.1) is 12.8 Å². The van der Waals surface area contributed by atoms with Gasteiger partial charge < -0.3 is 19.5 Å². The molecule has 7 heteroatoms. The molecular formula is C10H15NO6. The monoisotopic (exact) mass is 245 g/mol. The zero-order valence-corrected chi connectivity index (χ0v) is 9.55. The molecule has 0 aliphatic heterocycles. The number of aliphatic carboxylic acids is 1. The summed E-state index contributed by atoms with van der Waals surface area (Å²) in [7, 11) is 1.50. The van der Waals surface area contributed by atoms with Gasteiger partial charge in [-0.1, -0.05) is 6.08 Å². The van der Waals surface area contributed by atoms with Gasteiger partial charge in [-0.05, 0) is 0 Å². The molecule has 0 aromatic heterocycles. The van der Waals surface area contributed by atoms with Crippen LogP contribution in [-0.4, -0.2) is 48.4 Å². The Morgan fingerprint density at radius 2 is 1.94 bits per heavy atom. The van der Waals surface area contributed by atoms with Crippen molar-refractivity contribution >= 4 is 18.0 Å². The summed E-state index contributed by atoms with van der Waals surface area (Å²) in [6.07, 6.45) is 0.287. The predicted octanol–water partition coefficient (Wildman–Crippen LogP) is 0.606. The summed E-state index contributed by atoms with van der Waals surface area (Å²) in [6.45, 7) is 3.22. The molecule has 17 heavy (non-hydrogen) atoms. The minimum absolute atomic E-state index is 0.255. The number of amides is 1. The van der Waals surface area contributed by atoms with Crippen LogP contribution in [0, 0.1) is 0 Å². The lowest BCUT2D eigenvalue weighted by molar-refractivity contribution is -0.154. The van der Waals surface area contributed by atoms with Crippen LogP contribution in [0.25, 0.3) is 0 Å². The Bertz CT molecular complexity index is 301. The Hall–Kier alpha value is -2.05. The first kappa shape index (κ1) is 14.9. The SMILES string of the molecule is C=CCN(C)C(=O)OCOC(=O)CCC(=O)O. The molecule has 0 aliphatic rings. The number of carboxylic acids is 1. The lowest BCUT2D eigenvalue weighted by atomic mass is 10.3. The van der Waals surface area contributed by atoms with E-state index >= 15 is 0 Å². The van der Waals surface area contributed by atoms with Crippen LogP contribution in [0.15, 0.2) is 12.7 Å². The summed E-state index contributed by atoms with van der Waals surface area (Å²) in [5, 5.41) is 8.30. The van der Waals surface area contributed by atoms with Crippen molar-refractivity contribution in [3.8, 4) is 0 Å². The van der Waals surface area contributed by atoms with E-state index in [1.807, 2.05) is 0 Å². The third-order valence-corrected chi connectivity index (χ3v) is 1.66. The van der Waals surface area contributed by atoms with Gasteiger partial charge in [0.1, 0.15) is 0 Å². The predicted molar refractivity (Wildman–Crippen MR) is 57.1 cm³/mol. The van der Waals surface area contributed by atoms with Crippen molar-refractivity contribution in [2.45, 2.75) is 12.8 Å². The minimum atomic E-state index is -1.09. The third kappa shape index (κ3) is 7.83. The van der Waals surface area contributed by atoms with E-state index in [1.165, 1.54) is 18.0 Å². The molecule has 96 valence electrons. The van der Waals surface area contributed by atoms with Gasteiger partial charge in [-0.3, -0.25) is 9.59 Å². The second kappa shape index (κ2) is 8.14. The zero-order valence-electron chi connectivity index (χ0n) is 9.55. The Labute approximate surface area is 98.6 Å². The molecule has 0 rings (SSSR count). The lowest BCUT2D eigenvalue weighted by Crippen LogP contribution is -2.28. The number of carboxylic acid groups (broad SMARTS) is 1. The smallest absolute Gasteiger partial charge is 0.412 e. The number of carbonyl (C=O) groups is 3. The highest BCUT2D eigenvalue weighted by molar-refractivity contribution is 5.76. The molecular weight excluding hydrogens is 230 g/mol. The highest BCUT2D eigenvalue weighted by Crippen LogP contribution is 1.95. The average molecular weight is 245 g/mol. The maximum absolute atomic E-state index is 11.2. The van der Waals surface area contributed by atoms with Crippen molar-refractivity contribution in [1.29, 1.82) is 0 Å². The Morgan fingerprint density at radius 3 is 2.47 bits per heavy atom. The van der Waals surface area contributed by atoms with E-state index in [0.717, 1.165) is 0 Å². The van der Waals surface area contributed by atoms with Crippen LogP contribution in [-0.2, 0) is 19.1 Å². The van der Waals surface area contributed by atoms with Crippen LogP contribution in [0.3, 0.4) is 0 Å². The molecule has 0 bridgehead atoms. The van der Waals surface area contributed by atoms with Gasteiger partial charge in [-0.25, -0.2) is 4.79 Å². The molecule has 0 aromatic carbocycles. The Balaban J connectivity index is 3.68. The molecule has 7 nitrogen and oxygen atoms in total. The molecule has 0 saturated carbocycles. The minimum Gasteiger partial charge on any atom is -0.481 e. The summed E-state index contributed by atoms with van der Waals surface area (Å²) in [5.74, 6) is -1.82. The summed E-state index contributed by atoms with van der Waals surface area (Å²) < 4.78 is 9.08. The van der Waals surface area contributed by atoms with E-state index in [4.69, 9.17) is 5.11 Å². The molecule has 0 unspecified atom stereocenters. The van der Waals surface area contributed by atoms with Crippen molar-refractivity contribution in [2.24, 2.45) is 0 Å². The van der Waals surface area contributed by atoms with Gasteiger partial charge in [0.2, 0.25) is 6.79 Å². The van der Waals surface area contributed by atoms with Crippen molar-refractivity contribution in [1.82, 2.24) is 4.90 Å². The van der Waals surface area contributed by atoms with Crippen molar-refractivity contribution in [3.63, 3.8) is 0 Å². The Kier molecular flexibility index (Phi) is 7.16. The van der Waals surface area contributed by atoms with Crippen LogP contribution >= 0.6 is 0 Å². The fourth-order valence-electron chi connectivity index (χ4n) is 0.805. The molecule has 0 fully saturated rings. The van der Waals surface area contributed by atoms with E-state index in [2.05, 4.69) is 16.1 Å². The van der Waals surface area contributed by atoms with E-state index in [9.17, 15) is 14.4 Å². The molecule has 1 N–H and O–H groups in total. The molecule has 0 aliphatic carbocycles. The number of carbonyl (C=O) groups excluding carboxylic acids is 2. The second-order valence-electron chi connectivity index (χ2n) is 3.11. The van der Waals surface area contributed by atoms with Crippen molar-refractivity contribution < 1.29 is 29.0 Å². The number of hydrogen-bond donors (Lipinski definition) is 1. The second-order valence-corrected chi connectivity index (χ2v) is 3.11. The molecule has 0 heterocycles.